The van der Waals surface area contributed by atoms with E-state index in [0.717, 1.165) is 33.9 Å². The van der Waals surface area contributed by atoms with Crippen molar-refractivity contribution in [2.45, 2.75) is 26.3 Å². The van der Waals surface area contributed by atoms with Gasteiger partial charge in [-0.2, -0.15) is 0 Å². The number of benzene rings is 2. The highest BCUT2D eigenvalue weighted by Gasteiger charge is 2.22. The van der Waals surface area contributed by atoms with Crippen LogP contribution in [0.5, 0.6) is 5.75 Å². The Morgan fingerprint density at radius 2 is 2.04 bits per heavy atom. The topological polar surface area (TPSA) is 75.8 Å². The predicted octanol–water partition coefficient (Wildman–Crippen LogP) is 4.31. The van der Waals surface area contributed by atoms with Crippen molar-refractivity contribution in [2.75, 3.05) is 13.2 Å². The third kappa shape index (κ3) is 3.71. The van der Waals surface area contributed by atoms with Gasteiger partial charge in [-0.25, -0.2) is 9.78 Å². The van der Waals surface area contributed by atoms with E-state index in [-0.39, 0.29) is 0 Å². The maximum Gasteiger partial charge on any atom is 0.407 e. The number of rotatable bonds is 5. The Labute approximate surface area is 163 Å². The van der Waals surface area contributed by atoms with E-state index in [1.807, 2.05) is 55.5 Å². The molecule has 1 N–H and O–H groups in total. The van der Waals surface area contributed by atoms with Crippen LogP contribution in [0.15, 0.2) is 52.9 Å². The first-order valence-corrected chi connectivity index (χ1v) is 9.35. The van der Waals surface area contributed by atoms with Crippen LogP contribution in [0.2, 0.25) is 0 Å². The van der Waals surface area contributed by atoms with Gasteiger partial charge in [0, 0.05) is 30.6 Å². The molecule has 0 radical (unpaired) electrons. The van der Waals surface area contributed by atoms with Crippen LogP contribution in [-0.2, 0) is 19.4 Å². The number of carboxylic acid groups (broad SMARTS) is 1. The van der Waals surface area contributed by atoms with Gasteiger partial charge in [0.2, 0.25) is 5.89 Å². The summed E-state index contributed by atoms with van der Waals surface area (Å²) >= 11 is 0. The van der Waals surface area contributed by atoms with Crippen LogP contribution in [0.4, 0.5) is 4.79 Å². The molecular formula is C22H22N2O4. The summed E-state index contributed by atoms with van der Waals surface area (Å²) in [5.74, 6) is 2.25. The minimum absolute atomic E-state index is 0.407. The highest BCUT2D eigenvalue weighted by molar-refractivity contribution is 5.66. The lowest BCUT2D eigenvalue weighted by Gasteiger charge is -2.27. The lowest BCUT2D eigenvalue weighted by Crippen LogP contribution is -2.34. The van der Waals surface area contributed by atoms with Crippen LogP contribution in [0.1, 0.15) is 22.6 Å². The third-order valence-electron chi connectivity index (χ3n) is 5.00. The first-order chi connectivity index (χ1) is 13.6. The summed E-state index contributed by atoms with van der Waals surface area (Å²) in [6.45, 7) is 3.30. The van der Waals surface area contributed by atoms with Crippen molar-refractivity contribution >= 4 is 6.09 Å². The van der Waals surface area contributed by atoms with Gasteiger partial charge in [0.1, 0.15) is 11.5 Å². The second-order valence-electron chi connectivity index (χ2n) is 6.83. The van der Waals surface area contributed by atoms with E-state index in [4.69, 9.17) is 9.15 Å². The highest BCUT2D eigenvalue weighted by atomic mass is 16.5. The average Bonchev–Trinajstić information content (AvgIpc) is 3.09. The Morgan fingerprint density at radius 1 is 1.21 bits per heavy atom. The second kappa shape index (κ2) is 7.76. The minimum Gasteiger partial charge on any atom is -0.493 e. The molecule has 1 aliphatic heterocycles. The monoisotopic (exact) mass is 378 g/mol. The highest BCUT2D eigenvalue weighted by Crippen LogP contribution is 2.28. The lowest BCUT2D eigenvalue weighted by atomic mass is 9.99. The quantitative estimate of drug-likeness (QED) is 0.716. The Hall–Kier alpha value is -3.28. The first-order valence-electron chi connectivity index (χ1n) is 9.35. The average molecular weight is 378 g/mol. The zero-order valence-corrected chi connectivity index (χ0v) is 15.7. The molecule has 3 aromatic rings. The van der Waals surface area contributed by atoms with Gasteiger partial charge >= 0.3 is 6.09 Å². The number of nitrogens with zero attached hydrogens (tertiary/aromatic N) is 2. The summed E-state index contributed by atoms with van der Waals surface area (Å²) in [5, 5.41) is 9.19. The summed E-state index contributed by atoms with van der Waals surface area (Å²) in [4.78, 5) is 17.2. The van der Waals surface area contributed by atoms with Gasteiger partial charge in [-0.3, -0.25) is 0 Å². The molecule has 0 saturated heterocycles. The number of hydrogen-bond acceptors (Lipinski definition) is 4. The smallest absolute Gasteiger partial charge is 0.407 e. The summed E-state index contributed by atoms with van der Waals surface area (Å²) in [6.07, 6.45) is 0.430. The van der Waals surface area contributed by atoms with Crippen LogP contribution in [0.3, 0.4) is 0 Å². The van der Waals surface area contributed by atoms with E-state index in [0.29, 0.717) is 38.4 Å². The molecule has 0 aliphatic carbocycles. The molecule has 28 heavy (non-hydrogen) atoms. The molecule has 0 spiro atoms. The normalized spacial score (nSPS) is 13.2. The van der Waals surface area contributed by atoms with Crippen LogP contribution < -0.4 is 4.74 Å². The van der Waals surface area contributed by atoms with Crippen molar-refractivity contribution in [3.63, 3.8) is 0 Å². The molecule has 2 aromatic carbocycles. The maximum atomic E-state index is 11.2. The Kier molecular flexibility index (Phi) is 5.02. The third-order valence-corrected chi connectivity index (χ3v) is 5.00. The van der Waals surface area contributed by atoms with Crippen LogP contribution in [0.25, 0.3) is 11.5 Å². The number of amides is 1. The van der Waals surface area contributed by atoms with Gasteiger partial charge in [-0.05, 0) is 37.1 Å². The number of aromatic nitrogens is 1. The van der Waals surface area contributed by atoms with Gasteiger partial charge < -0.3 is 19.2 Å². The molecule has 144 valence electrons. The molecule has 0 fully saturated rings. The standard InChI is InChI=1S/C22H22N2O4/c1-15-19(23-21(28-15)16-6-3-2-4-7-16)11-13-27-20-9-5-8-17-14-24(22(25)26)12-10-18(17)20/h2-9H,10-14H2,1H3,(H,25,26). The minimum atomic E-state index is -0.882. The largest absolute Gasteiger partial charge is 0.493 e. The molecule has 0 atom stereocenters. The molecule has 0 bridgehead atoms. The van der Waals surface area contributed by atoms with E-state index in [1.54, 1.807) is 0 Å². The fourth-order valence-electron chi connectivity index (χ4n) is 3.49. The Bertz CT molecular complexity index is 981. The SMILES string of the molecule is Cc1oc(-c2ccccc2)nc1CCOc1cccc2c1CCN(C(=O)O)C2. The van der Waals surface area contributed by atoms with E-state index >= 15 is 0 Å². The van der Waals surface area contributed by atoms with Crippen molar-refractivity contribution in [3.05, 3.63) is 71.1 Å². The molecule has 2 heterocycles. The Balaban J connectivity index is 1.42. The fourth-order valence-corrected chi connectivity index (χ4v) is 3.49. The van der Waals surface area contributed by atoms with Crippen molar-refractivity contribution in [2.24, 2.45) is 0 Å². The van der Waals surface area contributed by atoms with Crippen LogP contribution >= 0.6 is 0 Å². The molecule has 1 aliphatic rings. The van der Waals surface area contributed by atoms with Crippen LogP contribution in [0, 0.1) is 6.92 Å². The number of aryl methyl sites for hydroxylation is 1. The van der Waals surface area contributed by atoms with Gasteiger partial charge in [-0.1, -0.05) is 30.3 Å². The van der Waals surface area contributed by atoms with E-state index in [9.17, 15) is 9.90 Å². The number of hydrogen-bond donors (Lipinski definition) is 1. The van der Waals surface area contributed by atoms with Crippen molar-refractivity contribution in [1.29, 1.82) is 0 Å². The van der Waals surface area contributed by atoms with Gasteiger partial charge in [0.05, 0.1) is 12.3 Å². The number of fused-ring (bicyclic) bond motifs is 1. The first kappa shape index (κ1) is 18.1. The number of carbonyl (C=O) groups is 1. The van der Waals surface area contributed by atoms with E-state index < -0.39 is 6.09 Å². The number of oxazole rings is 1. The summed E-state index contributed by atoms with van der Waals surface area (Å²) in [5.41, 5.74) is 3.95. The summed E-state index contributed by atoms with van der Waals surface area (Å²) in [7, 11) is 0. The zero-order chi connectivity index (χ0) is 19.5. The Morgan fingerprint density at radius 3 is 2.82 bits per heavy atom. The molecule has 4 rings (SSSR count). The molecule has 0 saturated carbocycles. The van der Waals surface area contributed by atoms with Gasteiger partial charge in [0.25, 0.3) is 0 Å². The molecule has 1 amide bonds. The second-order valence-corrected chi connectivity index (χ2v) is 6.83. The van der Waals surface area contributed by atoms with Crippen LogP contribution in [-0.4, -0.2) is 34.2 Å². The number of ether oxygens (including phenoxy) is 1. The summed E-state index contributed by atoms with van der Waals surface area (Å²) < 4.78 is 11.8. The van der Waals surface area contributed by atoms with Crippen molar-refractivity contribution in [3.8, 4) is 17.2 Å². The molecule has 1 aromatic heterocycles. The fraction of sp³-hybridized carbons (Fsp3) is 0.273. The molecular weight excluding hydrogens is 356 g/mol. The van der Waals surface area contributed by atoms with Crippen molar-refractivity contribution < 1.29 is 19.1 Å². The zero-order valence-electron chi connectivity index (χ0n) is 15.7. The maximum absolute atomic E-state index is 11.2. The molecule has 0 unspecified atom stereocenters. The molecule has 6 heteroatoms. The van der Waals surface area contributed by atoms with E-state index in [2.05, 4.69) is 4.98 Å². The van der Waals surface area contributed by atoms with E-state index in [1.165, 1.54) is 4.90 Å². The van der Waals surface area contributed by atoms with Gasteiger partial charge in [-0.15, -0.1) is 0 Å². The predicted molar refractivity (Wildman–Crippen MR) is 104 cm³/mol. The molecule has 6 nitrogen and oxygen atoms in total. The van der Waals surface area contributed by atoms with Gasteiger partial charge in [0.15, 0.2) is 0 Å². The lowest BCUT2D eigenvalue weighted by molar-refractivity contribution is 0.139. The summed E-state index contributed by atoms with van der Waals surface area (Å²) in [6, 6.07) is 15.7. The van der Waals surface area contributed by atoms with Crippen molar-refractivity contribution in [1.82, 2.24) is 9.88 Å².